The van der Waals surface area contributed by atoms with E-state index in [1.54, 1.807) is 6.92 Å². The number of hydrazine groups is 2. The quantitative estimate of drug-likeness (QED) is 0.577. The van der Waals surface area contributed by atoms with E-state index in [1.807, 2.05) is 0 Å². The molecule has 108 valence electrons. The second-order valence-corrected chi connectivity index (χ2v) is 6.12. The second kappa shape index (κ2) is 5.49. The zero-order valence-electron chi connectivity index (χ0n) is 10.1. The topological polar surface area (TPSA) is 94.0 Å². The van der Waals surface area contributed by atoms with Crippen LogP contribution in [-0.4, -0.2) is 23.4 Å². The maximum atomic E-state index is 11.1. The van der Waals surface area contributed by atoms with Crippen LogP contribution in [0.4, 0.5) is 5.69 Å². The Morgan fingerprint density at radius 1 is 1.40 bits per heavy atom. The number of halogens is 2. The smallest absolute Gasteiger partial charge is 0.282 e. The van der Waals surface area contributed by atoms with Gasteiger partial charge in [0.25, 0.3) is 10.1 Å². The molecule has 0 saturated carbocycles. The van der Waals surface area contributed by atoms with E-state index in [0.29, 0.717) is 5.69 Å². The van der Waals surface area contributed by atoms with Crippen LogP contribution >= 0.6 is 23.2 Å². The van der Waals surface area contributed by atoms with Gasteiger partial charge in [-0.15, -0.1) is 10.3 Å². The molecule has 0 unspecified atom stereocenters. The Kier molecular flexibility index (Phi) is 4.09. The summed E-state index contributed by atoms with van der Waals surface area (Å²) >= 11 is 11.5. The number of nitrogens with zero attached hydrogens (tertiary/aromatic N) is 2. The van der Waals surface area contributed by atoms with Gasteiger partial charge in [0.2, 0.25) is 0 Å². The van der Waals surface area contributed by atoms with E-state index in [2.05, 4.69) is 16.0 Å². The zero-order valence-corrected chi connectivity index (χ0v) is 12.5. The fourth-order valence-corrected chi connectivity index (χ4v) is 2.37. The Labute approximate surface area is 125 Å². The first-order valence-corrected chi connectivity index (χ1v) is 7.48. The third-order valence-corrected chi connectivity index (χ3v) is 3.62. The van der Waals surface area contributed by atoms with Gasteiger partial charge in [0.05, 0.1) is 10.6 Å². The van der Waals surface area contributed by atoms with Crippen LogP contribution in [-0.2, 0) is 10.1 Å². The first-order chi connectivity index (χ1) is 9.25. The summed E-state index contributed by atoms with van der Waals surface area (Å²) in [6.07, 6.45) is 1.41. The van der Waals surface area contributed by atoms with Crippen LogP contribution in [0.3, 0.4) is 0 Å². The number of nitrogens with one attached hydrogen (secondary N) is 2. The molecule has 1 heterocycles. The average molecular weight is 337 g/mol. The molecule has 20 heavy (non-hydrogen) atoms. The molecule has 0 atom stereocenters. The highest BCUT2D eigenvalue weighted by Crippen LogP contribution is 2.21. The van der Waals surface area contributed by atoms with E-state index in [0.717, 1.165) is 10.8 Å². The van der Waals surface area contributed by atoms with Gasteiger partial charge < -0.3 is 0 Å². The molecule has 3 N–H and O–H groups in total. The number of allylic oxidation sites excluding steroid dienone is 1. The lowest BCUT2D eigenvalue weighted by Crippen LogP contribution is -2.39. The lowest BCUT2D eigenvalue weighted by atomic mass is 10.2. The summed E-state index contributed by atoms with van der Waals surface area (Å²) in [4.78, 5) is -0.237. The molecule has 1 aliphatic rings. The molecule has 0 aliphatic carbocycles. The maximum absolute atomic E-state index is 11.1. The van der Waals surface area contributed by atoms with Gasteiger partial charge >= 0.3 is 0 Å². The van der Waals surface area contributed by atoms with Gasteiger partial charge in [-0.2, -0.15) is 8.42 Å². The highest BCUT2D eigenvalue weighted by atomic mass is 35.5. The van der Waals surface area contributed by atoms with Gasteiger partial charge in [-0.05, 0) is 24.6 Å². The maximum Gasteiger partial charge on any atom is 0.294 e. The predicted molar refractivity (Wildman–Crippen MR) is 76.8 cm³/mol. The third-order valence-electron chi connectivity index (χ3n) is 2.39. The Balaban J connectivity index is 2.28. The third kappa shape index (κ3) is 3.54. The van der Waals surface area contributed by atoms with Gasteiger partial charge in [-0.1, -0.05) is 29.3 Å². The predicted octanol–water partition coefficient (Wildman–Crippen LogP) is 2.02. The molecule has 1 aromatic rings. The number of aryl methyl sites for hydroxylation is 1. The Morgan fingerprint density at radius 3 is 2.70 bits per heavy atom. The summed E-state index contributed by atoms with van der Waals surface area (Å²) in [5.41, 5.74) is 6.56. The lowest BCUT2D eigenvalue weighted by molar-refractivity contribution is 0.280. The molecule has 7 nitrogen and oxygen atoms in total. The van der Waals surface area contributed by atoms with E-state index in [9.17, 15) is 8.42 Å². The van der Waals surface area contributed by atoms with E-state index in [-0.39, 0.29) is 15.2 Å². The average Bonchev–Trinajstić information content (AvgIpc) is 2.29. The normalized spacial score (nSPS) is 15.3. The molecule has 1 aliphatic heterocycles. The minimum atomic E-state index is -4.28. The first-order valence-electron chi connectivity index (χ1n) is 5.28. The van der Waals surface area contributed by atoms with E-state index in [1.165, 1.54) is 24.3 Å². The second-order valence-electron chi connectivity index (χ2n) is 3.90. The molecule has 0 aromatic heterocycles. The van der Waals surface area contributed by atoms with Gasteiger partial charge in [0.1, 0.15) is 5.16 Å². The van der Waals surface area contributed by atoms with E-state index >= 15 is 0 Å². The van der Waals surface area contributed by atoms with Crippen molar-refractivity contribution >= 4 is 44.2 Å². The fraction of sp³-hybridized carbons (Fsp3) is 0.100. The SMILES string of the molecule is Cc1ccc(S(=O)(=O)O)cc1NN1N=C(Cl)C=C(Cl)N1. The van der Waals surface area contributed by atoms with Crippen molar-refractivity contribution in [1.29, 1.82) is 0 Å². The van der Waals surface area contributed by atoms with Crippen LogP contribution in [0.15, 0.2) is 39.4 Å². The van der Waals surface area contributed by atoms with Crippen LogP contribution in [0, 0.1) is 6.92 Å². The van der Waals surface area contributed by atoms with Crippen molar-refractivity contribution in [3.63, 3.8) is 0 Å². The Hall–Kier alpha value is -1.48. The van der Waals surface area contributed by atoms with Crippen molar-refractivity contribution in [3.05, 3.63) is 35.0 Å². The molecule has 0 fully saturated rings. The molecule has 0 amide bonds. The number of hydrogen-bond acceptors (Lipinski definition) is 6. The molecule has 0 radical (unpaired) electrons. The molecule has 0 bridgehead atoms. The minimum Gasteiger partial charge on any atom is -0.282 e. The van der Waals surface area contributed by atoms with Crippen molar-refractivity contribution in [3.8, 4) is 0 Å². The number of hydrogen-bond donors (Lipinski definition) is 3. The van der Waals surface area contributed by atoms with Crippen LogP contribution < -0.4 is 10.9 Å². The largest absolute Gasteiger partial charge is 0.294 e. The van der Waals surface area contributed by atoms with E-state index in [4.69, 9.17) is 27.8 Å². The van der Waals surface area contributed by atoms with Gasteiger partial charge in [-0.25, -0.2) is 0 Å². The van der Waals surface area contributed by atoms with Crippen LogP contribution in [0.1, 0.15) is 5.56 Å². The summed E-state index contributed by atoms with van der Waals surface area (Å²) in [6, 6.07) is 4.10. The van der Waals surface area contributed by atoms with E-state index < -0.39 is 10.1 Å². The van der Waals surface area contributed by atoms with Crippen molar-refractivity contribution in [2.75, 3.05) is 5.43 Å². The monoisotopic (exact) mass is 336 g/mol. The summed E-state index contributed by atoms with van der Waals surface area (Å²) in [5.74, 6) is 0. The molecule has 10 heteroatoms. The molecule has 2 rings (SSSR count). The highest BCUT2D eigenvalue weighted by Gasteiger charge is 2.14. The molecular weight excluding hydrogens is 327 g/mol. The van der Waals surface area contributed by atoms with Crippen molar-refractivity contribution in [2.45, 2.75) is 11.8 Å². The van der Waals surface area contributed by atoms with Crippen LogP contribution in [0.25, 0.3) is 0 Å². The van der Waals surface area contributed by atoms with Gasteiger partial charge in [0.15, 0.2) is 5.17 Å². The zero-order chi connectivity index (χ0) is 14.9. The molecule has 1 aromatic carbocycles. The summed E-state index contributed by atoms with van der Waals surface area (Å²) in [5, 5.41) is 5.39. The molecular formula is C10H10Cl2N4O3S. The highest BCUT2D eigenvalue weighted by molar-refractivity contribution is 7.85. The molecule has 0 saturated heterocycles. The van der Waals surface area contributed by atoms with Crippen molar-refractivity contribution in [1.82, 2.24) is 10.7 Å². The summed E-state index contributed by atoms with van der Waals surface area (Å²) in [7, 11) is -4.28. The Morgan fingerprint density at radius 2 is 2.10 bits per heavy atom. The van der Waals surface area contributed by atoms with Crippen LogP contribution in [0.2, 0.25) is 0 Å². The summed E-state index contributed by atoms with van der Waals surface area (Å²) < 4.78 is 31.3. The van der Waals surface area contributed by atoms with Crippen molar-refractivity contribution in [2.24, 2.45) is 5.10 Å². The number of benzene rings is 1. The van der Waals surface area contributed by atoms with Gasteiger partial charge in [-0.3, -0.25) is 15.4 Å². The van der Waals surface area contributed by atoms with Gasteiger partial charge in [0, 0.05) is 6.08 Å². The van der Waals surface area contributed by atoms with Crippen molar-refractivity contribution < 1.29 is 13.0 Å². The number of anilines is 1. The summed E-state index contributed by atoms with van der Waals surface area (Å²) in [6.45, 7) is 1.75. The standard InChI is InChI=1S/C10H10Cl2N4O3S/c1-6-2-3-7(20(17,18)19)4-8(6)13-16-14-9(11)5-10(12)15-16/h2-5,13-14H,1H3,(H,17,18,19). The number of rotatable bonds is 3. The number of hydrazone groups is 1. The van der Waals surface area contributed by atoms with Crippen LogP contribution in [0.5, 0.6) is 0 Å². The first kappa shape index (κ1) is 14.9. The lowest BCUT2D eigenvalue weighted by Gasteiger charge is -2.25. The minimum absolute atomic E-state index is 0.143. The fourth-order valence-electron chi connectivity index (χ4n) is 1.44. The molecule has 0 spiro atoms. The Bertz CT molecular complexity index is 702.